The lowest BCUT2D eigenvalue weighted by atomic mass is 10.1. The maximum absolute atomic E-state index is 12.4. The van der Waals surface area contributed by atoms with Gasteiger partial charge in [0.25, 0.3) is 11.6 Å². The van der Waals surface area contributed by atoms with Crippen molar-refractivity contribution < 1.29 is 9.72 Å². The van der Waals surface area contributed by atoms with Crippen LogP contribution in [0.5, 0.6) is 0 Å². The van der Waals surface area contributed by atoms with Crippen LogP contribution in [0.4, 0.5) is 11.4 Å². The monoisotopic (exact) mass is 410 g/mol. The van der Waals surface area contributed by atoms with Crippen LogP contribution in [0.15, 0.2) is 60.8 Å². The van der Waals surface area contributed by atoms with Gasteiger partial charge in [0.05, 0.1) is 15.5 Å². The summed E-state index contributed by atoms with van der Waals surface area (Å²) < 4.78 is 0. The second kappa shape index (κ2) is 7.34. The van der Waals surface area contributed by atoms with Gasteiger partial charge in [-0.2, -0.15) is 0 Å². The molecule has 4 aromatic rings. The van der Waals surface area contributed by atoms with E-state index in [-0.39, 0.29) is 16.3 Å². The van der Waals surface area contributed by atoms with Crippen molar-refractivity contribution in [2.24, 2.45) is 0 Å². The highest BCUT2D eigenvalue weighted by Crippen LogP contribution is 2.30. The van der Waals surface area contributed by atoms with E-state index in [9.17, 15) is 14.9 Å². The quantitative estimate of drug-likeness (QED) is 0.369. The first kappa shape index (κ1) is 18.0. The molecule has 0 saturated carbocycles. The van der Waals surface area contributed by atoms with Crippen LogP contribution in [0.25, 0.3) is 20.9 Å². The fraction of sp³-hybridized carbons (Fsp3) is 0. The number of nitrogens with one attached hydrogen (secondary N) is 1. The van der Waals surface area contributed by atoms with Gasteiger partial charge in [0, 0.05) is 29.6 Å². The molecule has 7 nitrogen and oxygen atoms in total. The van der Waals surface area contributed by atoms with Gasteiger partial charge >= 0.3 is 0 Å². The first-order valence-corrected chi connectivity index (χ1v) is 9.28. The molecule has 1 amide bonds. The molecule has 0 aliphatic carbocycles. The Morgan fingerprint density at radius 1 is 1.14 bits per heavy atom. The number of fused-ring (bicyclic) bond motifs is 1. The zero-order valence-electron chi connectivity index (χ0n) is 14.1. The Hall–Kier alpha value is -3.36. The summed E-state index contributed by atoms with van der Waals surface area (Å²) in [6.45, 7) is 0. The van der Waals surface area contributed by atoms with Crippen molar-refractivity contribution in [2.45, 2.75) is 0 Å². The fourth-order valence-electron chi connectivity index (χ4n) is 2.59. The number of thiazole rings is 1. The number of benzene rings is 2. The minimum absolute atomic E-state index is 0.0188. The molecule has 2 heterocycles. The number of carbonyl (C=O) groups excluding carboxylic acids is 1. The number of non-ortho nitro benzene ring substituents is 1. The number of aromatic nitrogens is 2. The van der Waals surface area contributed by atoms with Gasteiger partial charge in [0.15, 0.2) is 0 Å². The summed E-state index contributed by atoms with van der Waals surface area (Å²) in [6.07, 6.45) is 1.73. The average molecular weight is 411 g/mol. The Morgan fingerprint density at radius 2 is 1.93 bits per heavy atom. The molecule has 2 aromatic carbocycles. The van der Waals surface area contributed by atoms with E-state index in [2.05, 4.69) is 15.3 Å². The summed E-state index contributed by atoms with van der Waals surface area (Å²) in [5.41, 5.74) is 2.31. The summed E-state index contributed by atoms with van der Waals surface area (Å²) in [5.74, 6) is -0.447. The molecular weight excluding hydrogens is 400 g/mol. The van der Waals surface area contributed by atoms with Crippen LogP contribution in [0.2, 0.25) is 5.02 Å². The molecule has 0 bridgehead atoms. The number of amides is 1. The molecule has 138 valence electrons. The Bertz CT molecular complexity index is 1170. The lowest BCUT2D eigenvalue weighted by molar-refractivity contribution is -0.384. The second-order valence-corrected chi connectivity index (χ2v) is 7.18. The van der Waals surface area contributed by atoms with Crippen LogP contribution in [0.3, 0.4) is 0 Å². The number of hydrogen-bond donors (Lipinski definition) is 1. The van der Waals surface area contributed by atoms with Gasteiger partial charge in [-0.3, -0.25) is 14.9 Å². The van der Waals surface area contributed by atoms with Crippen LogP contribution in [-0.2, 0) is 0 Å². The average Bonchev–Trinajstić information content (AvgIpc) is 3.12. The van der Waals surface area contributed by atoms with Gasteiger partial charge in [-0.1, -0.05) is 22.9 Å². The summed E-state index contributed by atoms with van der Waals surface area (Å²) in [6, 6.07) is 14.7. The van der Waals surface area contributed by atoms with E-state index in [1.165, 1.54) is 23.5 Å². The third-order valence-corrected chi connectivity index (χ3v) is 5.31. The smallest absolute Gasteiger partial charge is 0.270 e. The van der Waals surface area contributed by atoms with E-state index in [0.29, 0.717) is 5.69 Å². The van der Waals surface area contributed by atoms with Crippen molar-refractivity contribution in [1.29, 1.82) is 0 Å². The molecule has 0 aliphatic rings. The predicted molar refractivity (Wildman–Crippen MR) is 109 cm³/mol. The molecule has 9 heteroatoms. The van der Waals surface area contributed by atoms with Crippen molar-refractivity contribution >= 4 is 50.6 Å². The van der Waals surface area contributed by atoms with Crippen LogP contribution < -0.4 is 5.32 Å². The summed E-state index contributed by atoms with van der Waals surface area (Å²) >= 11 is 7.49. The minimum atomic E-state index is -0.566. The highest BCUT2D eigenvalue weighted by atomic mass is 35.5. The van der Waals surface area contributed by atoms with Crippen molar-refractivity contribution in [1.82, 2.24) is 9.97 Å². The molecule has 0 saturated heterocycles. The van der Waals surface area contributed by atoms with Crippen molar-refractivity contribution in [3.8, 4) is 10.6 Å². The fourth-order valence-corrected chi connectivity index (χ4v) is 3.76. The molecule has 0 unspecified atom stereocenters. The summed E-state index contributed by atoms with van der Waals surface area (Å²) in [4.78, 5) is 32.3. The van der Waals surface area contributed by atoms with E-state index in [0.717, 1.165) is 27.0 Å². The van der Waals surface area contributed by atoms with E-state index >= 15 is 0 Å². The van der Waals surface area contributed by atoms with Crippen LogP contribution in [0, 0.1) is 10.1 Å². The number of pyridine rings is 1. The second-order valence-electron chi connectivity index (χ2n) is 5.80. The number of anilines is 1. The molecule has 0 atom stereocenters. The lowest BCUT2D eigenvalue weighted by Crippen LogP contribution is -2.12. The Labute approximate surface area is 167 Å². The number of nitro benzene ring substituents is 1. The van der Waals surface area contributed by atoms with Gasteiger partial charge < -0.3 is 5.32 Å². The number of rotatable bonds is 4. The molecule has 0 aliphatic heterocycles. The Balaban J connectivity index is 1.53. The van der Waals surface area contributed by atoms with E-state index in [1.54, 1.807) is 18.3 Å². The zero-order chi connectivity index (χ0) is 19.7. The van der Waals surface area contributed by atoms with Crippen molar-refractivity contribution in [2.75, 3.05) is 5.32 Å². The third kappa shape index (κ3) is 3.55. The standard InChI is InChI=1S/C19H11ClN4O3S/c20-15-10-13(24(26)27)7-8-14(15)17(25)22-12-5-3-11(4-6-12)18-23-16-2-1-9-21-19(16)28-18/h1-10H,(H,22,25). The van der Waals surface area contributed by atoms with E-state index in [4.69, 9.17) is 11.6 Å². The molecular formula is C19H11ClN4O3S. The topological polar surface area (TPSA) is 98.0 Å². The molecule has 0 spiro atoms. The predicted octanol–water partition coefficient (Wildman–Crippen LogP) is 5.17. The van der Waals surface area contributed by atoms with Gasteiger partial charge in [-0.15, -0.1) is 0 Å². The van der Waals surface area contributed by atoms with Gasteiger partial charge in [0.2, 0.25) is 0 Å². The van der Waals surface area contributed by atoms with E-state index in [1.807, 2.05) is 24.3 Å². The minimum Gasteiger partial charge on any atom is -0.322 e. The Morgan fingerprint density at radius 3 is 2.61 bits per heavy atom. The van der Waals surface area contributed by atoms with Crippen molar-refractivity contribution in [3.63, 3.8) is 0 Å². The first-order valence-electron chi connectivity index (χ1n) is 8.08. The molecule has 2 aromatic heterocycles. The highest BCUT2D eigenvalue weighted by Gasteiger charge is 2.15. The zero-order valence-corrected chi connectivity index (χ0v) is 15.7. The third-order valence-electron chi connectivity index (χ3n) is 3.96. The highest BCUT2D eigenvalue weighted by molar-refractivity contribution is 7.21. The molecule has 0 radical (unpaired) electrons. The van der Waals surface area contributed by atoms with Crippen LogP contribution in [-0.4, -0.2) is 20.8 Å². The largest absolute Gasteiger partial charge is 0.322 e. The number of nitro groups is 1. The molecule has 4 rings (SSSR count). The maximum Gasteiger partial charge on any atom is 0.270 e. The SMILES string of the molecule is O=C(Nc1ccc(-c2nc3cccnc3s2)cc1)c1ccc([N+](=O)[O-])cc1Cl. The maximum atomic E-state index is 12.4. The van der Waals surface area contributed by atoms with Gasteiger partial charge in [-0.05, 0) is 42.5 Å². The van der Waals surface area contributed by atoms with Crippen molar-refractivity contribution in [3.05, 3.63) is 81.5 Å². The van der Waals surface area contributed by atoms with Crippen LogP contribution >= 0.6 is 22.9 Å². The van der Waals surface area contributed by atoms with Gasteiger partial charge in [-0.25, -0.2) is 9.97 Å². The lowest BCUT2D eigenvalue weighted by Gasteiger charge is -2.07. The molecule has 0 fully saturated rings. The molecule has 28 heavy (non-hydrogen) atoms. The number of halogens is 1. The Kier molecular flexibility index (Phi) is 4.72. The normalized spacial score (nSPS) is 10.8. The summed E-state index contributed by atoms with van der Waals surface area (Å²) in [5, 5.41) is 14.4. The van der Waals surface area contributed by atoms with Gasteiger partial charge in [0.1, 0.15) is 15.4 Å². The van der Waals surface area contributed by atoms with E-state index < -0.39 is 10.8 Å². The number of hydrogen-bond acceptors (Lipinski definition) is 6. The van der Waals surface area contributed by atoms with Crippen LogP contribution in [0.1, 0.15) is 10.4 Å². The molecule has 1 N–H and O–H groups in total. The number of carbonyl (C=O) groups is 1. The first-order chi connectivity index (χ1) is 13.5. The number of nitrogens with zero attached hydrogens (tertiary/aromatic N) is 3. The summed E-state index contributed by atoms with van der Waals surface area (Å²) in [7, 11) is 0.